The first-order valence-corrected chi connectivity index (χ1v) is 12.2. The van der Waals surface area contributed by atoms with Crippen LogP contribution in [0.1, 0.15) is 5.56 Å². The van der Waals surface area contributed by atoms with Gasteiger partial charge in [-0.15, -0.1) is 0 Å². The molecule has 168 valence electrons. The van der Waals surface area contributed by atoms with Gasteiger partial charge in [-0.3, -0.25) is 0 Å². The number of hydrogen-bond acceptors (Lipinski definition) is 0. The van der Waals surface area contributed by atoms with Crippen LogP contribution in [0.4, 0.5) is 0 Å². The van der Waals surface area contributed by atoms with Crippen molar-refractivity contribution in [2.24, 2.45) is 0 Å². The molecule has 0 bridgehead atoms. The van der Waals surface area contributed by atoms with Crippen LogP contribution in [-0.4, -0.2) is 4.40 Å². The van der Waals surface area contributed by atoms with Crippen molar-refractivity contribution < 1.29 is 0 Å². The molecule has 0 aliphatic carbocycles. The minimum atomic E-state index is 0.737. The van der Waals surface area contributed by atoms with Crippen LogP contribution in [0.15, 0.2) is 127 Å². The maximum atomic E-state index is 6.27. The lowest BCUT2D eigenvalue weighted by atomic mass is 10.0. The number of halogens is 1. The lowest BCUT2D eigenvalue weighted by molar-refractivity contribution is 1.21. The van der Waals surface area contributed by atoms with Crippen molar-refractivity contribution in [3.05, 3.63) is 138 Å². The lowest BCUT2D eigenvalue weighted by Crippen LogP contribution is -1.96. The van der Waals surface area contributed by atoms with Crippen LogP contribution in [0, 0.1) is 6.92 Å². The number of aromatic nitrogens is 1. The molecule has 0 aliphatic heterocycles. The minimum Gasteiger partial charge on any atom is -0.309 e. The van der Waals surface area contributed by atoms with Crippen LogP contribution in [0.5, 0.6) is 0 Å². The normalized spacial score (nSPS) is 11.1. The molecule has 0 aliphatic rings. The smallest absolute Gasteiger partial charge is 0.0613 e. The van der Waals surface area contributed by atoms with E-state index in [2.05, 4.69) is 127 Å². The minimum absolute atomic E-state index is 0.737. The summed E-state index contributed by atoms with van der Waals surface area (Å²) in [5.41, 5.74) is 11.9. The van der Waals surface area contributed by atoms with E-state index >= 15 is 0 Å². The summed E-state index contributed by atoms with van der Waals surface area (Å²) < 4.78 is 2.39. The molecule has 6 rings (SSSR count). The second kappa shape index (κ2) is 8.94. The van der Waals surface area contributed by atoms with Crippen molar-refractivity contribution in [2.45, 2.75) is 6.92 Å². The molecular weight excluding hydrogens is 446 g/mol. The summed E-state index contributed by atoms with van der Waals surface area (Å²) >= 11 is 6.27. The van der Waals surface area contributed by atoms with Gasteiger partial charge in [0.1, 0.15) is 0 Å². The van der Waals surface area contributed by atoms with Crippen LogP contribution in [0.25, 0.3) is 50.3 Å². The Morgan fingerprint density at radius 2 is 1.11 bits per heavy atom. The standard InChI is InChI=1S/C33H24ClN/c1-23-12-14-25(15-13-23)31-22-30-20-28(24-8-4-2-5-9-24)21-32(26-10-6-3-7-11-26)35(30)33(31)27-16-18-29(34)19-17-27/h2-22H,1H3. The van der Waals surface area contributed by atoms with Crippen LogP contribution in [-0.2, 0) is 0 Å². The highest BCUT2D eigenvalue weighted by molar-refractivity contribution is 6.30. The Balaban J connectivity index is 1.73. The Hall–Kier alpha value is -4.07. The van der Waals surface area contributed by atoms with Gasteiger partial charge in [-0.1, -0.05) is 114 Å². The first-order chi connectivity index (χ1) is 17.2. The molecule has 0 atom stereocenters. The molecule has 0 unspecified atom stereocenters. The summed E-state index contributed by atoms with van der Waals surface area (Å²) in [7, 11) is 0. The molecule has 0 fully saturated rings. The summed E-state index contributed by atoms with van der Waals surface area (Å²) in [6.45, 7) is 2.12. The van der Waals surface area contributed by atoms with Crippen molar-refractivity contribution >= 4 is 17.1 Å². The van der Waals surface area contributed by atoms with E-state index in [9.17, 15) is 0 Å². The first kappa shape index (κ1) is 21.5. The average molecular weight is 470 g/mol. The second-order valence-electron chi connectivity index (χ2n) is 8.90. The van der Waals surface area contributed by atoms with Gasteiger partial charge in [0, 0.05) is 16.1 Å². The van der Waals surface area contributed by atoms with Crippen LogP contribution >= 0.6 is 11.6 Å². The molecule has 0 spiro atoms. The number of fused-ring (bicyclic) bond motifs is 1. The molecule has 2 heteroatoms. The maximum Gasteiger partial charge on any atom is 0.0613 e. The van der Waals surface area contributed by atoms with E-state index < -0.39 is 0 Å². The lowest BCUT2D eigenvalue weighted by Gasteiger charge is -2.15. The molecule has 0 amide bonds. The maximum absolute atomic E-state index is 6.27. The van der Waals surface area contributed by atoms with Crippen molar-refractivity contribution in [2.75, 3.05) is 0 Å². The van der Waals surface area contributed by atoms with Gasteiger partial charge in [-0.25, -0.2) is 0 Å². The Labute approximate surface area is 210 Å². The van der Waals surface area contributed by atoms with Gasteiger partial charge >= 0.3 is 0 Å². The van der Waals surface area contributed by atoms with Crippen LogP contribution in [0.2, 0.25) is 5.02 Å². The molecule has 1 nitrogen and oxygen atoms in total. The van der Waals surface area contributed by atoms with E-state index in [1.807, 2.05) is 12.1 Å². The van der Waals surface area contributed by atoms with Gasteiger partial charge in [-0.2, -0.15) is 0 Å². The highest BCUT2D eigenvalue weighted by atomic mass is 35.5. The van der Waals surface area contributed by atoms with Crippen LogP contribution < -0.4 is 0 Å². The van der Waals surface area contributed by atoms with Crippen molar-refractivity contribution in [1.82, 2.24) is 4.40 Å². The Morgan fingerprint density at radius 3 is 1.77 bits per heavy atom. The third-order valence-corrected chi connectivity index (χ3v) is 6.77. The number of benzene rings is 4. The highest BCUT2D eigenvalue weighted by Crippen LogP contribution is 2.40. The molecule has 4 aromatic carbocycles. The fourth-order valence-electron chi connectivity index (χ4n) is 4.77. The summed E-state index contributed by atoms with van der Waals surface area (Å²) in [6.07, 6.45) is 0. The van der Waals surface area contributed by atoms with Gasteiger partial charge < -0.3 is 4.40 Å². The predicted molar refractivity (Wildman–Crippen MR) is 149 cm³/mol. The molecule has 0 saturated carbocycles. The summed E-state index contributed by atoms with van der Waals surface area (Å²) in [5.74, 6) is 0. The monoisotopic (exact) mass is 469 g/mol. The molecular formula is C33H24ClN. The number of pyridine rings is 1. The topological polar surface area (TPSA) is 4.41 Å². The zero-order valence-corrected chi connectivity index (χ0v) is 20.2. The zero-order chi connectivity index (χ0) is 23.8. The van der Waals surface area contributed by atoms with Crippen molar-refractivity contribution in [3.8, 4) is 44.8 Å². The van der Waals surface area contributed by atoms with Crippen LogP contribution in [0.3, 0.4) is 0 Å². The Bertz CT molecular complexity index is 1610. The summed E-state index contributed by atoms with van der Waals surface area (Å²) in [5, 5.41) is 0.737. The predicted octanol–water partition coefficient (Wildman–Crippen LogP) is 9.57. The van der Waals surface area contributed by atoms with Gasteiger partial charge in [0.15, 0.2) is 0 Å². The third kappa shape index (κ3) is 4.05. The van der Waals surface area contributed by atoms with E-state index in [0.29, 0.717) is 0 Å². The Kier molecular flexibility index (Phi) is 5.48. The molecule has 0 saturated heterocycles. The SMILES string of the molecule is Cc1ccc(-c2cc3cc(-c4ccccc4)cc(-c4ccccc4)n3c2-c2ccc(Cl)cc2)cc1. The average Bonchev–Trinajstić information content (AvgIpc) is 3.29. The molecule has 2 aromatic heterocycles. The van der Waals surface area contributed by atoms with Crippen molar-refractivity contribution in [3.63, 3.8) is 0 Å². The molecule has 6 aromatic rings. The number of aryl methyl sites for hydroxylation is 1. The molecule has 0 N–H and O–H groups in total. The van der Waals surface area contributed by atoms with Gasteiger partial charge in [0.2, 0.25) is 0 Å². The van der Waals surface area contributed by atoms with Gasteiger partial charge in [0.05, 0.1) is 11.4 Å². The van der Waals surface area contributed by atoms with E-state index in [1.165, 1.54) is 39.1 Å². The van der Waals surface area contributed by atoms with E-state index in [1.54, 1.807) is 0 Å². The first-order valence-electron chi connectivity index (χ1n) is 11.8. The van der Waals surface area contributed by atoms with Gasteiger partial charge in [-0.05, 0) is 65.1 Å². The quantitative estimate of drug-likeness (QED) is 0.242. The highest BCUT2D eigenvalue weighted by Gasteiger charge is 2.19. The second-order valence-corrected chi connectivity index (χ2v) is 9.34. The number of rotatable bonds is 4. The Morgan fingerprint density at radius 1 is 0.514 bits per heavy atom. The zero-order valence-electron chi connectivity index (χ0n) is 19.4. The molecule has 0 radical (unpaired) electrons. The summed E-state index contributed by atoms with van der Waals surface area (Å²) in [4.78, 5) is 0. The largest absolute Gasteiger partial charge is 0.309 e. The van der Waals surface area contributed by atoms with E-state index in [-0.39, 0.29) is 0 Å². The fraction of sp³-hybridized carbons (Fsp3) is 0.0303. The molecule has 2 heterocycles. The van der Waals surface area contributed by atoms with E-state index in [0.717, 1.165) is 21.8 Å². The van der Waals surface area contributed by atoms with E-state index in [4.69, 9.17) is 11.6 Å². The van der Waals surface area contributed by atoms with Crippen molar-refractivity contribution in [1.29, 1.82) is 0 Å². The van der Waals surface area contributed by atoms with Gasteiger partial charge in [0.25, 0.3) is 0 Å². The fourth-order valence-corrected chi connectivity index (χ4v) is 4.90. The molecule has 35 heavy (non-hydrogen) atoms. The number of nitrogens with zero attached hydrogens (tertiary/aromatic N) is 1. The summed E-state index contributed by atoms with van der Waals surface area (Å²) in [6, 6.07) is 45.1. The number of hydrogen-bond donors (Lipinski definition) is 0. The third-order valence-electron chi connectivity index (χ3n) is 6.52.